The number of hydrogen-bond donors (Lipinski definition) is 2. The summed E-state index contributed by atoms with van der Waals surface area (Å²) in [6, 6.07) is 15.7. The van der Waals surface area contributed by atoms with Gasteiger partial charge in [-0.25, -0.2) is 4.79 Å². The van der Waals surface area contributed by atoms with Crippen LogP contribution in [-0.2, 0) is 16.8 Å². The molecule has 0 radical (unpaired) electrons. The van der Waals surface area contributed by atoms with Gasteiger partial charge in [-0.05, 0) is 30.0 Å². The number of benzene rings is 2. The Morgan fingerprint density at radius 3 is 2.53 bits per heavy atom. The number of fused-ring (bicyclic) bond motifs is 2. The molecule has 0 unspecified atom stereocenters. The first-order valence-electron chi connectivity index (χ1n) is 10.4. The highest BCUT2D eigenvalue weighted by Crippen LogP contribution is 2.51. The lowest BCUT2D eigenvalue weighted by atomic mass is 9.73. The minimum atomic E-state index is -0.622. The molecule has 30 heavy (non-hydrogen) atoms. The van der Waals surface area contributed by atoms with Gasteiger partial charge in [-0.15, -0.1) is 0 Å². The van der Waals surface area contributed by atoms with Crippen LogP contribution in [0, 0.1) is 0 Å². The second kappa shape index (κ2) is 8.36. The summed E-state index contributed by atoms with van der Waals surface area (Å²) in [5.41, 5.74) is 7.79. The molecule has 158 valence electrons. The molecule has 1 spiro atoms. The van der Waals surface area contributed by atoms with E-state index in [1.54, 1.807) is 12.0 Å². The average Bonchev–Trinajstić information content (AvgIpc) is 3.01. The minimum Gasteiger partial charge on any atom is -0.495 e. The number of para-hydroxylation sites is 1. The summed E-state index contributed by atoms with van der Waals surface area (Å²) in [5.74, 6) is 0.796. The maximum absolute atomic E-state index is 13.8. The zero-order valence-electron chi connectivity index (χ0n) is 17.3. The molecule has 7 nitrogen and oxygen atoms in total. The third-order valence-electron chi connectivity index (χ3n) is 6.17. The zero-order valence-corrected chi connectivity index (χ0v) is 17.3. The van der Waals surface area contributed by atoms with Crippen molar-refractivity contribution in [3.63, 3.8) is 0 Å². The van der Waals surface area contributed by atoms with Crippen molar-refractivity contribution in [3.05, 3.63) is 59.7 Å². The Morgan fingerprint density at radius 2 is 1.87 bits per heavy atom. The lowest BCUT2D eigenvalue weighted by Gasteiger charge is -2.38. The first-order chi connectivity index (χ1) is 14.6. The number of carbonyl (C=O) groups is 2. The van der Waals surface area contributed by atoms with Gasteiger partial charge in [-0.1, -0.05) is 42.5 Å². The van der Waals surface area contributed by atoms with Crippen molar-refractivity contribution < 1.29 is 14.3 Å². The molecule has 1 fully saturated rings. The predicted molar refractivity (Wildman–Crippen MR) is 116 cm³/mol. The number of rotatable bonds is 5. The van der Waals surface area contributed by atoms with E-state index >= 15 is 0 Å². The van der Waals surface area contributed by atoms with Crippen LogP contribution in [-0.4, -0.2) is 50.1 Å². The summed E-state index contributed by atoms with van der Waals surface area (Å²) < 4.78 is 5.63. The van der Waals surface area contributed by atoms with Crippen LogP contribution >= 0.6 is 0 Å². The number of likely N-dealkylation sites (tertiary alicyclic amines) is 1. The number of piperidine rings is 1. The van der Waals surface area contributed by atoms with Crippen molar-refractivity contribution >= 4 is 17.6 Å². The lowest BCUT2D eigenvalue weighted by molar-refractivity contribution is -0.124. The predicted octanol–water partition coefficient (Wildman–Crippen LogP) is 2.24. The molecule has 7 heteroatoms. The molecule has 3 N–H and O–H groups in total. The fourth-order valence-corrected chi connectivity index (χ4v) is 4.61. The second-order valence-electron chi connectivity index (χ2n) is 7.82. The molecule has 3 amide bonds. The smallest absolute Gasteiger partial charge is 0.317 e. The number of nitrogens with two attached hydrogens (primary N) is 1. The summed E-state index contributed by atoms with van der Waals surface area (Å²) >= 11 is 0. The first-order valence-corrected chi connectivity index (χ1v) is 10.4. The van der Waals surface area contributed by atoms with Crippen LogP contribution in [0.5, 0.6) is 5.75 Å². The van der Waals surface area contributed by atoms with Crippen LogP contribution in [0.3, 0.4) is 0 Å². The highest BCUT2D eigenvalue weighted by Gasteiger charge is 2.53. The summed E-state index contributed by atoms with van der Waals surface area (Å²) in [4.78, 5) is 29.8. The molecule has 1 saturated heterocycles. The molecule has 2 aromatic carbocycles. The number of urea groups is 1. The minimum absolute atomic E-state index is 0.0906. The van der Waals surface area contributed by atoms with Crippen LogP contribution in [0.1, 0.15) is 24.0 Å². The van der Waals surface area contributed by atoms with Gasteiger partial charge >= 0.3 is 6.03 Å². The van der Waals surface area contributed by atoms with Gasteiger partial charge in [0.05, 0.1) is 24.8 Å². The highest BCUT2D eigenvalue weighted by atomic mass is 16.5. The van der Waals surface area contributed by atoms with Crippen LogP contribution in [0.2, 0.25) is 0 Å². The van der Waals surface area contributed by atoms with E-state index in [-0.39, 0.29) is 11.9 Å². The first kappa shape index (κ1) is 20.2. The SMILES string of the molecule is COc1cccc2c1N(Cc1ccccc1)C(=O)C21CCN(C(=O)NCCN)CC1. The Labute approximate surface area is 176 Å². The number of nitrogens with one attached hydrogen (secondary N) is 1. The van der Waals surface area contributed by atoms with E-state index in [2.05, 4.69) is 5.32 Å². The standard InChI is InChI=1S/C23H28N4O3/c1-30-19-9-5-8-18-20(19)27(16-17-6-3-2-4-7-17)21(28)23(18)10-14-26(15-11-23)22(29)25-13-12-24/h2-9H,10-16,24H2,1H3,(H,25,29). The Balaban J connectivity index is 1.64. The fourth-order valence-electron chi connectivity index (χ4n) is 4.61. The zero-order chi connectivity index (χ0) is 21.1. The quantitative estimate of drug-likeness (QED) is 0.794. The number of nitrogens with zero attached hydrogens (tertiary/aromatic N) is 2. The topological polar surface area (TPSA) is 87.9 Å². The number of ether oxygens (including phenoxy) is 1. The Kier molecular flexibility index (Phi) is 5.63. The molecule has 0 aromatic heterocycles. The maximum Gasteiger partial charge on any atom is 0.317 e. The van der Waals surface area contributed by atoms with E-state index in [9.17, 15) is 9.59 Å². The van der Waals surface area contributed by atoms with Gasteiger partial charge in [0.25, 0.3) is 0 Å². The van der Waals surface area contributed by atoms with Gasteiger partial charge in [0.1, 0.15) is 5.75 Å². The van der Waals surface area contributed by atoms with Crippen molar-refractivity contribution in [2.45, 2.75) is 24.8 Å². The molecular weight excluding hydrogens is 380 g/mol. The van der Waals surface area contributed by atoms with Crippen LogP contribution < -0.4 is 20.7 Å². The lowest BCUT2D eigenvalue weighted by Crippen LogP contribution is -2.52. The molecule has 0 saturated carbocycles. The van der Waals surface area contributed by atoms with Gasteiger partial charge in [0, 0.05) is 26.2 Å². The average molecular weight is 409 g/mol. The molecular formula is C23H28N4O3. The van der Waals surface area contributed by atoms with Crippen LogP contribution in [0.15, 0.2) is 48.5 Å². The molecule has 4 rings (SSSR count). The van der Waals surface area contributed by atoms with Crippen molar-refractivity contribution in [2.75, 3.05) is 38.2 Å². The van der Waals surface area contributed by atoms with Crippen molar-refractivity contribution in [2.24, 2.45) is 5.73 Å². The van der Waals surface area contributed by atoms with E-state index in [4.69, 9.17) is 10.5 Å². The highest BCUT2D eigenvalue weighted by molar-refractivity contribution is 6.09. The van der Waals surface area contributed by atoms with E-state index in [1.807, 2.05) is 53.4 Å². The Hall–Kier alpha value is -3.06. The van der Waals surface area contributed by atoms with Gasteiger partial charge in [-0.2, -0.15) is 0 Å². The third-order valence-corrected chi connectivity index (χ3v) is 6.17. The van der Waals surface area contributed by atoms with E-state index in [0.29, 0.717) is 51.3 Å². The number of amides is 3. The molecule has 2 aliphatic heterocycles. The van der Waals surface area contributed by atoms with Gasteiger partial charge < -0.3 is 25.6 Å². The number of carbonyl (C=O) groups excluding carboxylic acids is 2. The third kappa shape index (κ3) is 3.39. The van der Waals surface area contributed by atoms with Crippen molar-refractivity contribution in [3.8, 4) is 5.75 Å². The van der Waals surface area contributed by atoms with Crippen LogP contribution in [0.25, 0.3) is 0 Å². The normalized spacial score (nSPS) is 17.2. The van der Waals surface area contributed by atoms with Gasteiger partial charge in [0.2, 0.25) is 5.91 Å². The number of anilines is 1. The summed E-state index contributed by atoms with van der Waals surface area (Å²) in [7, 11) is 1.64. The van der Waals surface area contributed by atoms with Crippen LogP contribution in [0.4, 0.5) is 10.5 Å². The maximum atomic E-state index is 13.8. The van der Waals surface area contributed by atoms with E-state index in [1.165, 1.54) is 0 Å². The summed E-state index contributed by atoms with van der Waals surface area (Å²) in [6.07, 6.45) is 1.18. The van der Waals surface area contributed by atoms with Crippen molar-refractivity contribution in [1.29, 1.82) is 0 Å². The molecule has 0 atom stereocenters. The largest absolute Gasteiger partial charge is 0.495 e. The molecule has 2 aliphatic rings. The number of hydrogen-bond acceptors (Lipinski definition) is 4. The van der Waals surface area contributed by atoms with Crippen molar-refractivity contribution in [1.82, 2.24) is 10.2 Å². The van der Waals surface area contributed by atoms with E-state index in [0.717, 1.165) is 16.8 Å². The fraction of sp³-hybridized carbons (Fsp3) is 0.391. The molecule has 2 heterocycles. The molecule has 0 aliphatic carbocycles. The summed E-state index contributed by atoms with van der Waals surface area (Å²) in [5, 5.41) is 2.82. The van der Waals surface area contributed by atoms with Gasteiger partial charge in [-0.3, -0.25) is 4.79 Å². The summed E-state index contributed by atoms with van der Waals surface area (Å²) in [6.45, 7) is 2.40. The van der Waals surface area contributed by atoms with E-state index < -0.39 is 5.41 Å². The molecule has 2 aromatic rings. The molecule has 0 bridgehead atoms. The number of methoxy groups -OCH3 is 1. The van der Waals surface area contributed by atoms with Gasteiger partial charge in [0.15, 0.2) is 0 Å². The Morgan fingerprint density at radius 1 is 1.13 bits per heavy atom. The Bertz CT molecular complexity index is 923. The second-order valence-corrected chi connectivity index (χ2v) is 7.82. The monoisotopic (exact) mass is 408 g/mol.